The van der Waals surface area contributed by atoms with Crippen LogP contribution in [0, 0.1) is 0 Å². The molecular weight excluding hydrogens is 288 g/mol. The Balaban J connectivity index is 1.96. The molecule has 1 amide bonds. The van der Waals surface area contributed by atoms with Crippen molar-refractivity contribution in [3.05, 3.63) is 65.3 Å². The summed E-state index contributed by atoms with van der Waals surface area (Å²) in [4.78, 5) is 16.3. The van der Waals surface area contributed by atoms with Crippen LogP contribution in [0.1, 0.15) is 10.4 Å². The molecule has 0 radical (unpaired) electrons. The topological polar surface area (TPSA) is 62.2 Å². The highest BCUT2D eigenvalue weighted by Crippen LogP contribution is 2.27. The zero-order valence-corrected chi connectivity index (χ0v) is 11.6. The predicted molar refractivity (Wildman–Crippen MR) is 82.8 cm³/mol. The quantitative estimate of drug-likeness (QED) is 0.755. The first-order valence-corrected chi connectivity index (χ1v) is 6.66. The van der Waals surface area contributed by atoms with Crippen molar-refractivity contribution in [2.75, 3.05) is 5.32 Å². The van der Waals surface area contributed by atoms with Gasteiger partial charge in [-0.2, -0.15) is 0 Å². The van der Waals surface area contributed by atoms with Crippen molar-refractivity contribution >= 4 is 34.1 Å². The number of anilines is 1. The lowest BCUT2D eigenvalue weighted by atomic mass is 10.1. The van der Waals surface area contributed by atoms with Crippen LogP contribution in [-0.4, -0.2) is 16.0 Å². The first-order chi connectivity index (χ1) is 10.1. The molecule has 0 atom stereocenters. The fraction of sp³-hybridized carbons (Fsp3) is 0. The number of fused-ring (bicyclic) bond motifs is 1. The van der Waals surface area contributed by atoms with Crippen molar-refractivity contribution in [1.29, 1.82) is 0 Å². The molecule has 21 heavy (non-hydrogen) atoms. The Kier molecular flexibility index (Phi) is 3.46. The maximum absolute atomic E-state index is 12.2. The molecule has 104 valence electrons. The van der Waals surface area contributed by atoms with E-state index in [0.29, 0.717) is 16.2 Å². The van der Waals surface area contributed by atoms with E-state index in [2.05, 4.69) is 10.3 Å². The van der Waals surface area contributed by atoms with Gasteiger partial charge in [0.15, 0.2) is 5.75 Å². The number of hydrogen-bond acceptors (Lipinski definition) is 3. The fourth-order valence-electron chi connectivity index (χ4n) is 2.08. The van der Waals surface area contributed by atoms with Crippen molar-refractivity contribution in [1.82, 2.24) is 4.98 Å². The van der Waals surface area contributed by atoms with Crippen LogP contribution in [0.4, 0.5) is 5.69 Å². The highest BCUT2D eigenvalue weighted by molar-refractivity contribution is 6.31. The van der Waals surface area contributed by atoms with E-state index in [1.54, 1.807) is 48.7 Å². The van der Waals surface area contributed by atoms with Gasteiger partial charge in [0.25, 0.3) is 5.91 Å². The van der Waals surface area contributed by atoms with Gasteiger partial charge < -0.3 is 10.4 Å². The molecule has 0 unspecified atom stereocenters. The molecule has 0 saturated heterocycles. The number of nitrogens with one attached hydrogen (secondary N) is 1. The smallest absolute Gasteiger partial charge is 0.259 e. The lowest BCUT2D eigenvalue weighted by molar-refractivity contribution is 0.102. The number of phenols is 1. The summed E-state index contributed by atoms with van der Waals surface area (Å²) in [7, 11) is 0. The van der Waals surface area contributed by atoms with Gasteiger partial charge in [0.05, 0.1) is 5.56 Å². The van der Waals surface area contributed by atoms with E-state index in [0.717, 1.165) is 5.39 Å². The molecule has 5 heteroatoms. The second-order valence-electron chi connectivity index (χ2n) is 4.50. The van der Waals surface area contributed by atoms with Gasteiger partial charge in [-0.25, -0.2) is 0 Å². The van der Waals surface area contributed by atoms with Crippen LogP contribution in [0.15, 0.2) is 54.7 Å². The van der Waals surface area contributed by atoms with Crippen molar-refractivity contribution in [2.45, 2.75) is 0 Å². The first kappa shape index (κ1) is 13.4. The van der Waals surface area contributed by atoms with Gasteiger partial charge in [-0.05, 0) is 30.3 Å². The number of carbonyl (C=O) groups is 1. The number of nitrogens with zero attached hydrogens (tertiary/aromatic N) is 1. The molecule has 0 fully saturated rings. The van der Waals surface area contributed by atoms with Crippen LogP contribution in [-0.2, 0) is 0 Å². The van der Waals surface area contributed by atoms with Crippen molar-refractivity contribution in [3.8, 4) is 5.75 Å². The summed E-state index contributed by atoms with van der Waals surface area (Å²) < 4.78 is 0. The number of benzene rings is 2. The summed E-state index contributed by atoms with van der Waals surface area (Å²) >= 11 is 5.87. The summed E-state index contributed by atoms with van der Waals surface area (Å²) in [6, 6.07) is 13.7. The van der Waals surface area contributed by atoms with Gasteiger partial charge in [0, 0.05) is 22.3 Å². The molecule has 1 heterocycles. The van der Waals surface area contributed by atoms with Gasteiger partial charge in [-0.1, -0.05) is 29.8 Å². The molecular formula is C16H11ClN2O2. The summed E-state index contributed by atoms with van der Waals surface area (Å²) in [6.07, 6.45) is 1.57. The predicted octanol–water partition coefficient (Wildman–Crippen LogP) is 3.85. The van der Waals surface area contributed by atoms with Gasteiger partial charge >= 0.3 is 0 Å². The molecule has 0 aliphatic carbocycles. The molecule has 0 bridgehead atoms. The Morgan fingerprint density at radius 3 is 2.81 bits per heavy atom. The maximum Gasteiger partial charge on any atom is 0.259 e. The fourth-order valence-corrected chi connectivity index (χ4v) is 2.27. The lowest BCUT2D eigenvalue weighted by Crippen LogP contribution is -2.12. The van der Waals surface area contributed by atoms with Crippen molar-refractivity contribution in [3.63, 3.8) is 0 Å². The summed E-state index contributed by atoms with van der Waals surface area (Å²) in [5.74, 6) is -0.546. The SMILES string of the molecule is O=C(Nc1cccc(Cl)c1)c1ccc2cccnc2c1O. The van der Waals surface area contributed by atoms with Gasteiger partial charge in [0.1, 0.15) is 5.52 Å². The number of halogens is 1. The first-order valence-electron chi connectivity index (χ1n) is 6.29. The van der Waals surface area contributed by atoms with E-state index in [9.17, 15) is 9.90 Å². The third-order valence-corrected chi connectivity index (χ3v) is 3.31. The second kappa shape index (κ2) is 5.42. The van der Waals surface area contributed by atoms with Gasteiger partial charge in [-0.3, -0.25) is 9.78 Å². The van der Waals surface area contributed by atoms with Gasteiger partial charge in [-0.15, -0.1) is 0 Å². The van der Waals surface area contributed by atoms with E-state index in [1.165, 1.54) is 0 Å². The Bertz CT molecular complexity index is 833. The normalized spacial score (nSPS) is 10.5. The zero-order chi connectivity index (χ0) is 14.8. The molecule has 0 spiro atoms. The Labute approximate surface area is 126 Å². The summed E-state index contributed by atoms with van der Waals surface area (Å²) in [6.45, 7) is 0. The number of rotatable bonds is 2. The molecule has 0 aliphatic heterocycles. The van der Waals surface area contributed by atoms with E-state index in [4.69, 9.17) is 11.6 Å². The summed E-state index contributed by atoms with van der Waals surface area (Å²) in [5, 5.41) is 14.2. The van der Waals surface area contributed by atoms with E-state index in [-0.39, 0.29) is 11.3 Å². The third kappa shape index (κ3) is 2.66. The van der Waals surface area contributed by atoms with Gasteiger partial charge in [0.2, 0.25) is 0 Å². The lowest BCUT2D eigenvalue weighted by Gasteiger charge is -2.08. The molecule has 3 aromatic rings. The number of amides is 1. The van der Waals surface area contributed by atoms with Crippen LogP contribution in [0.2, 0.25) is 5.02 Å². The average Bonchev–Trinajstić information content (AvgIpc) is 2.48. The Morgan fingerprint density at radius 1 is 1.14 bits per heavy atom. The highest BCUT2D eigenvalue weighted by atomic mass is 35.5. The standard InChI is InChI=1S/C16H11ClN2O2/c17-11-4-1-5-12(9-11)19-16(21)13-7-6-10-3-2-8-18-14(10)15(13)20/h1-9,20H,(H,19,21). The number of pyridine rings is 1. The number of phenolic OH excluding ortho intramolecular Hbond substituents is 1. The van der Waals surface area contributed by atoms with Crippen LogP contribution >= 0.6 is 11.6 Å². The highest BCUT2D eigenvalue weighted by Gasteiger charge is 2.14. The van der Waals surface area contributed by atoms with Crippen LogP contribution in [0.25, 0.3) is 10.9 Å². The van der Waals surface area contributed by atoms with Crippen LogP contribution in [0.5, 0.6) is 5.75 Å². The molecule has 0 aliphatic rings. The minimum Gasteiger partial charge on any atom is -0.505 e. The number of aromatic nitrogens is 1. The minimum absolute atomic E-state index is 0.132. The number of aromatic hydroxyl groups is 1. The van der Waals surface area contributed by atoms with Crippen molar-refractivity contribution < 1.29 is 9.90 Å². The minimum atomic E-state index is -0.415. The largest absolute Gasteiger partial charge is 0.505 e. The molecule has 3 rings (SSSR count). The molecule has 1 aromatic heterocycles. The molecule has 4 nitrogen and oxygen atoms in total. The molecule has 0 saturated carbocycles. The van der Waals surface area contributed by atoms with Crippen LogP contribution < -0.4 is 5.32 Å². The summed E-state index contributed by atoms with van der Waals surface area (Å²) in [5.41, 5.74) is 1.13. The second-order valence-corrected chi connectivity index (χ2v) is 4.94. The third-order valence-electron chi connectivity index (χ3n) is 3.08. The maximum atomic E-state index is 12.2. The number of hydrogen-bond donors (Lipinski definition) is 2. The van der Waals surface area contributed by atoms with E-state index >= 15 is 0 Å². The van der Waals surface area contributed by atoms with E-state index < -0.39 is 5.91 Å². The average molecular weight is 299 g/mol. The zero-order valence-electron chi connectivity index (χ0n) is 10.9. The monoisotopic (exact) mass is 298 g/mol. The Morgan fingerprint density at radius 2 is 2.00 bits per heavy atom. The van der Waals surface area contributed by atoms with Crippen LogP contribution in [0.3, 0.4) is 0 Å². The van der Waals surface area contributed by atoms with Crippen molar-refractivity contribution in [2.24, 2.45) is 0 Å². The molecule has 2 aromatic carbocycles. The molecule has 2 N–H and O–H groups in total. The Hall–Kier alpha value is -2.59. The number of carbonyl (C=O) groups excluding carboxylic acids is 1. The van der Waals surface area contributed by atoms with E-state index in [1.807, 2.05) is 6.07 Å².